The molecular weight excluding hydrogens is 423 g/mol. The standard InChI is InChI=1S/C23H28Cl2N2O3/c1-5-17-6-9-19(10-7-17)30-14-22(28)27(16(4)23(29)26-15(2)3)13-18-8-11-20(24)21(25)12-18/h6-12,15-16H,5,13-14H2,1-4H3,(H,26,29). The first-order valence-electron chi connectivity index (χ1n) is 9.96. The highest BCUT2D eigenvalue weighted by molar-refractivity contribution is 6.42. The molecule has 2 amide bonds. The van der Waals surface area contributed by atoms with E-state index in [1.165, 1.54) is 10.5 Å². The number of hydrogen-bond acceptors (Lipinski definition) is 3. The molecule has 0 spiro atoms. The van der Waals surface area contributed by atoms with Crippen molar-refractivity contribution in [2.24, 2.45) is 0 Å². The number of ether oxygens (including phenoxy) is 1. The Morgan fingerprint density at radius 3 is 2.20 bits per heavy atom. The van der Waals surface area contributed by atoms with Crippen LogP contribution in [0.2, 0.25) is 10.0 Å². The van der Waals surface area contributed by atoms with E-state index in [4.69, 9.17) is 27.9 Å². The molecule has 0 fully saturated rings. The molecule has 7 heteroatoms. The SMILES string of the molecule is CCc1ccc(OCC(=O)N(Cc2ccc(Cl)c(Cl)c2)C(C)C(=O)NC(C)C)cc1. The lowest BCUT2D eigenvalue weighted by Crippen LogP contribution is -2.50. The number of amides is 2. The monoisotopic (exact) mass is 450 g/mol. The van der Waals surface area contributed by atoms with Crippen molar-refractivity contribution in [3.63, 3.8) is 0 Å². The predicted molar refractivity (Wildman–Crippen MR) is 121 cm³/mol. The molecule has 5 nitrogen and oxygen atoms in total. The number of nitrogens with zero attached hydrogens (tertiary/aromatic N) is 1. The van der Waals surface area contributed by atoms with Gasteiger partial charge in [0.2, 0.25) is 5.91 Å². The third-order valence-electron chi connectivity index (χ3n) is 4.63. The Morgan fingerprint density at radius 1 is 1.00 bits per heavy atom. The molecule has 0 heterocycles. The van der Waals surface area contributed by atoms with Crippen molar-refractivity contribution in [1.29, 1.82) is 0 Å². The van der Waals surface area contributed by atoms with E-state index in [1.54, 1.807) is 25.1 Å². The summed E-state index contributed by atoms with van der Waals surface area (Å²) >= 11 is 12.1. The average Bonchev–Trinajstić information content (AvgIpc) is 2.72. The first-order chi connectivity index (χ1) is 14.2. The van der Waals surface area contributed by atoms with Gasteiger partial charge in [0.05, 0.1) is 10.0 Å². The summed E-state index contributed by atoms with van der Waals surface area (Å²) in [5.74, 6) is 0.0760. The fraction of sp³-hybridized carbons (Fsp3) is 0.391. The fourth-order valence-corrected chi connectivity index (χ4v) is 3.19. The molecular formula is C23H28Cl2N2O3. The second kappa shape index (κ2) is 11.2. The summed E-state index contributed by atoms with van der Waals surface area (Å²) in [4.78, 5) is 27.0. The number of benzene rings is 2. The molecule has 2 rings (SSSR count). The topological polar surface area (TPSA) is 58.6 Å². The van der Waals surface area contributed by atoms with E-state index in [0.717, 1.165) is 12.0 Å². The number of carbonyl (C=O) groups excluding carboxylic acids is 2. The molecule has 0 saturated heterocycles. The number of nitrogens with one attached hydrogen (secondary N) is 1. The van der Waals surface area contributed by atoms with Crippen molar-refractivity contribution >= 4 is 35.0 Å². The Balaban J connectivity index is 2.16. The second-order valence-electron chi connectivity index (χ2n) is 7.40. The van der Waals surface area contributed by atoms with E-state index in [-0.39, 0.29) is 31.0 Å². The van der Waals surface area contributed by atoms with Gasteiger partial charge in [0.15, 0.2) is 6.61 Å². The Bertz CT molecular complexity index is 869. The highest BCUT2D eigenvalue weighted by atomic mass is 35.5. The molecule has 2 aromatic carbocycles. The molecule has 0 aliphatic heterocycles. The van der Waals surface area contributed by atoms with Crippen molar-refractivity contribution in [1.82, 2.24) is 10.2 Å². The zero-order valence-corrected chi connectivity index (χ0v) is 19.3. The lowest BCUT2D eigenvalue weighted by molar-refractivity contribution is -0.142. The number of carbonyl (C=O) groups is 2. The zero-order valence-electron chi connectivity index (χ0n) is 17.7. The minimum Gasteiger partial charge on any atom is -0.484 e. The summed E-state index contributed by atoms with van der Waals surface area (Å²) in [5, 5.41) is 3.68. The highest BCUT2D eigenvalue weighted by Crippen LogP contribution is 2.24. The molecule has 0 radical (unpaired) electrons. The van der Waals surface area contributed by atoms with Gasteiger partial charge in [-0.1, -0.05) is 48.3 Å². The van der Waals surface area contributed by atoms with E-state index < -0.39 is 6.04 Å². The van der Waals surface area contributed by atoms with Crippen LogP contribution in [0.5, 0.6) is 5.75 Å². The third kappa shape index (κ3) is 6.92. The van der Waals surface area contributed by atoms with Gasteiger partial charge in [0.1, 0.15) is 11.8 Å². The summed E-state index contributed by atoms with van der Waals surface area (Å²) in [5.41, 5.74) is 1.96. The molecule has 0 saturated carbocycles. The largest absolute Gasteiger partial charge is 0.484 e. The summed E-state index contributed by atoms with van der Waals surface area (Å²) in [6, 6.07) is 12.0. The van der Waals surface area contributed by atoms with Gasteiger partial charge in [-0.15, -0.1) is 0 Å². The van der Waals surface area contributed by atoms with Gasteiger partial charge in [0, 0.05) is 12.6 Å². The second-order valence-corrected chi connectivity index (χ2v) is 8.21. The summed E-state index contributed by atoms with van der Waals surface area (Å²) in [6.07, 6.45) is 0.930. The normalized spacial score (nSPS) is 11.8. The van der Waals surface area contributed by atoms with E-state index in [9.17, 15) is 9.59 Å². The molecule has 30 heavy (non-hydrogen) atoms. The van der Waals surface area contributed by atoms with E-state index >= 15 is 0 Å². The minimum absolute atomic E-state index is 0.0322. The van der Waals surface area contributed by atoms with Gasteiger partial charge in [-0.05, 0) is 62.6 Å². The molecule has 1 atom stereocenters. The van der Waals surface area contributed by atoms with Crippen molar-refractivity contribution in [3.05, 3.63) is 63.6 Å². The molecule has 0 bridgehead atoms. The van der Waals surface area contributed by atoms with E-state index in [0.29, 0.717) is 15.8 Å². The third-order valence-corrected chi connectivity index (χ3v) is 5.37. The predicted octanol–water partition coefficient (Wildman–Crippen LogP) is 4.88. The molecule has 2 aromatic rings. The maximum absolute atomic E-state index is 13.0. The van der Waals surface area contributed by atoms with Crippen LogP contribution in [-0.4, -0.2) is 35.4 Å². The molecule has 162 valence electrons. The molecule has 0 aliphatic carbocycles. The quantitative estimate of drug-likeness (QED) is 0.592. The summed E-state index contributed by atoms with van der Waals surface area (Å²) in [6.45, 7) is 7.55. The van der Waals surface area contributed by atoms with Crippen molar-refractivity contribution < 1.29 is 14.3 Å². The summed E-state index contributed by atoms with van der Waals surface area (Å²) in [7, 11) is 0. The maximum Gasteiger partial charge on any atom is 0.261 e. The smallest absolute Gasteiger partial charge is 0.261 e. The number of aryl methyl sites for hydroxylation is 1. The van der Waals surface area contributed by atoms with Crippen LogP contribution < -0.4 is 10.1 Å². The molecule has 0 aliphatic rings. The van der Waals surface area contributed by atoms with Gasteiger partial charge in [-0.3, -0.25) is 9.59 Å². The first-order valence-corrected chi connectivity index (χ1v) is 10.7. The van der Waals surface area contributed by atoms with Gasteiger partial charge >= 0.3 is 0 Å². The number of halogens is 2. The van der Waals surface area contributed by atoms with Crippen molar-refractivity contribution in [3.8, 4) is 5.75 Å². The van der Waals surface area contributed by atoms with E-state index in [2.05, 4.69) is 12.2 Å². The highest BCUT2D eigenvalue weighted by Gasteiger charge is 2.27. The lowest BCUT2D eigenvalue weighted by atomic mass is 10.1. The van der Waals surface area contributed by atoms with Gasteiger partial charge in [-0.25, -0.2) is 0 Å². The van der Waals surface area contributed by atoms with Gasteiger partial charge < -0.3 is 15.0 Å². The minimum atomic E-state index is -0.680. The van der Waals surface area contributed by atoms with Crippen LogP contribution in [0.3, 0.4) is 0 Å². The van der Waals surface area contributed by atoms with Crippen LogP contribution >= 0.6 is 23.2 Å². The maximum atomic E-state index is 13.0. The zero-order chi connectivity index (χ0) is 22.3. The Morgan fingerprint density at radius 2 is 1.63 bits per heavy atom. The van der Waals surface area contributed by atoms with Crippen LogP contribution in [0.15, 0.2) is 42.5 Å². The first kappa shape index (κ1) is 24.0. The van der Waals surface area contributed by atoms with Crippen molar-refractivity contribution in [2.45, 2.75) is 52.7 Å². The Hall–Kier alpha value is -2.24. The average molecular weight is 451 g/mol. The molecule has 1 N–H and O–H groups in total. The molecule has 1 unspecified atom stereocenters. The fourth-order valence-electron chi connectivity index (χ4n) is 2.87. The Labute approximate surface area is 188 Å². The van der Waals surface area contributed by atoms with E-state index in [1.807, 2.05) is 38.1 Å². The van der Waals surface area contributed by atoms with Crippen LogP contribution in [0.25, 0.3) is 0 Å². The van der Waals surface area contributed by atoms with Gasteiger partial charge in [-0.2, -0.15) is 0 Å². The lowest BCUT2D eigenvalue weighted by Gasteiger charge is -2.29. The Kier molecular flexibility index (Phi) is 9.00. The van der Waals surface area contributed by atoms with Crippen LogP contribution in [0, 0.1) is 0 Å². The molecule has 0 aromatic heterocycles. The van der Waals surface area contributed by atoms with Gasteiger partial charge in [0.25, 0.3) is 5.91 Å². The number of hydrogen-bond donors (Lipinski definition) is 1. The van der Waals surface area contributed by atoms with Crippen LogP contribution in [0.1, 0.15) is 38.8 Å². The summed E-state index contributed by atoms with van der Waals surface area (Å²) < 4.78 is 5.67. The van der Waals surface area contributed by atoms with Crippen LogP contribution in [-0.2, 0) is 22.6 Å². The number of rotatable bonds is 9. The van der Waals surface area contributed by atoms with Crippen molar-refractivity contribution in [2.75, 3.05) is 6.61 Å². The van der Waals surface area contributed by atoms with Crippen LogP contribution in [0.4, 0.5) is 0 Å².